The van der Waals surface area contributed by atoms with Crippen molar-refractivity contribution >= 4 is 17.4 Å². The van der Waals surface area contributed by atoms with E-state index in [0.29, 0.717) is 44.2 Å². The first kappa shape index (κ1) is 18.9. The standard InChI is InChI=1S/C18H20F3N5O/c1-2-22-17(27)15-6-7-16(24-23-15)26-10-8-25(9-11-26)14-5-3-4-13(12-14)18(19,20)21/h3-7,12H,2,8-11H2,1H3,(H,22,27). The van der Waals surface area contributed by atoms with Crippen molar-refractivity contribution in [2.75, 3.05) is 42.5 Å². The molecule has 1 fully saturated rings. The Morgan fingerprint density at radius 1 is 1.07 bits per heavy atom. The lowest BCUT2D eigenvalue weighted by Gasteiger charge is -2.36. The lowest BCUT2D eigenvalue weighted by molar-refractivity contribution is -0.137. The molecule has 27 heavy (non-hydrogen) atoms. The van der Waals surface area contributed by atoms with Crippen LogP contribution in [0.4, 0.5) is 24.7 Å². The SMILES string of the molecule is CCNC(=O)c1ccc(N2CCN(c3cccc(C(F)(F)F)c3)CC2)nn1. The molecule has 0 atom stereocenters. The summed E-state index contributed by atoms with van der Waals surface area (Å²) in [6.45, 7) is 4.68. The molecular weight excluding hydrogens is 359 g/mol. The van der Waals surface area contributed by atoms with E-state index in [2.05, 4.69) is 15.5 Å². The molecule has 0 bridgehead atoms. The zero-order valence-corrected chi connectivity index (χ0v) is 14.8. The number of rotatable bonds is 4. The van der Waals surface area contributed by atoms with E-state index in [-0.39, 0.29) is 11.6 Å². The number of benzene rings is 1. The molecule has 0 spiro atoms. The smallest absolute Gasteiger partial charge is 0.368 e. The number of halogens is 3. The maximum absolute atomic E-state index is 12.9. The summed E-state index contributed by atoms with van der Waals surface area (Å²) in [5.74, 6) is 0.373. The van der Waals surface area contributed by atoms with Crippen LogP contribution in [0.25, 0.3) is 0 Å². The Kier molecular flexibility index (Phi) is 5.48. The van der Waals surface area contributed by atoms with E-state index in [1.165, 1.54) is 12.1 Å². The van der Waals surface area contributed by atoms with Gasteiger partial charge in [0.15, 0.2) is 11.5 Å². The van der Waals surface area contributed by atoms with Crippen LogP contribution >= 0.6 is 0 Å². The number of nitrogens with zero attached hydrogens (tertiary/aromatic N) is 4. The molecule has 2 aromatic rings. The minimum Gasteiger partial charge on any atom is -0.368 e. The summed E-state index contributed by atoms with van der Waals surface area (Å²) >= 11 is 0. The number of anilines is 2. The van der Waals surface area contributed by atoms with Crippen molar-refractivity contribution in [2.24, 2.45) is 0 Å². The molecule has 2 heterocycles. The molecule has 6 nitrogen and oxygen atoms in total. The fourth-order valence-electron chi connectivity index (χ4n) is 2.94. The highest BCUT2D eigenvalue weighted by Gasteiger charge is 2.31. The van der Waals surface area contributed by atoms with E-state index in [1.807, 2.05) is 16.7 Å². The third-order valence-corrected chi connectivity index (χ3v) is 4.36. The number of alkyl halides is 3. The second kappa shape index (κ2) is 7.81. The molecule has 1 aliphatic heterocycles. The zero-order valence-electron chi connectivity index (χ0n) is 14.8. The number of piperazine rings is 1. The van der Waals surface area contributed by atoms with Crippen LogP contribution in [0.1, 0.15) is 23.0 Å². The third kappa shape index (κ3) is 4.47. The molecule has 1 aromatic heterocycles. The zero-order chi connectivity index (χ0) is 19.4. The summed E-state index contributed by atoms with van der Waals surface area (Å²) in [5.41, 5.74) is 0.166. The van der Waals surface area contributed by atoms with Gasteiger partial charge in [-0.1, -0.05) is 6.07 Å². The van der Waals surface area contributed by atoms with E-state index in [0.717, 1.165) is 6.07 Å². The van der Waals surface area contributed by atoms with Crippen LogP contribution in [0.2, 0.25) is 0 Å². The second-order valence-electron chi connectivity index (χ2n) is 6.16. The van der Waals surface area contributed by atoms with Gasteiger partial charge in [-0.15, -0.1) is 10.2 Å². The van der Waals surface area contributed by atoms with Gasteiger partial charge in [-0.05, 0) is 37.3 Å². The van der Waals surface area contributed by atoms with Crippen LogP contribution in [-0.2, 0) is 6.18 Å². The largest absolute Gasteiger partial charge is 0.416 e. The number of carbonyl (C=O) groups is 1. The minimum absolute atomic E-state index is 0.253. The average molecular weight is 379 g/mol. The highest BCUT2D eigenvalue weighted by atomic mass is 19.4. The Labute approximate surface area is 155 Å². The lowest BCUT2D eigenvalue weighted by Crippen LogP contribution is -2.47. The highest BCUT2D eigenvalue weighted by Crippen LogP contribution is 2.32. The van der Waals surface area contributed by atoms with Crippen molar-refractivity contribution in [3.63, 3.8) is 0 Å². The summed E-state index contributed by atoms with van der Waals surface area (Å²) in [6, 6.07) is 8.72. The fraction of sp³-hybridized carbons (Fsp3) is 0.389. The van der Waals surface area contributed by atoms with Gasteiger partial charge in [0.05, 0.1) is 5.56 Å². The van der Waals surface area contributed by atoms with Crippen LogP contribution < -0.4 is 15.1 Å². The summed E-state index contributed by atoms with van der Waals surface area (Å²) < 4.78 is 38.7. The number of carbonyl (C=O) groups excluding carboxylic acids is 1. The van der Waals surface area contributed by atoms with Crippen LogP contribution in [-0.4, -0.2) is 48.8 Å². The number of nitrogens with one attached hydrogen (secondary N) is 1. The predicted molar refractivity (Wildman–Crippen MR) is 95.9 cm³/mol. The molecule has 0 saturated carbocycles. The fourth-order valence-corrected chi connectivity index (χ4v) is 2.94. The molecule has 0 radical (unpaired) electrons. The maximum atomic E-state index is 12.9. The van der Waals surface area contributed by atoms with Gasteiger partial charge in [0.1, 0.15) is 0 Å². The van der Waals surface area contributed by atoms with Crippen molar-refractivity contribution < 1.29 is 18.0 Å². The van der Waals surface area contributed by atoms with Gasteiger partial charge in [-0.3, -0.25) is 4.79 Å². The van der Waals surface area contributed by atoms with Gasteiger partial charge < -0.3 is 15.1 Å². The molecule has 0 unspecified atom stereocenters. The van der Waals surface area contributed by atoms with E-state index < -0.39 is 11.7 Å². The molecule has 1 amide bonds. The summed E-state index contributed by atoms with van der Waals surface area (Å²) in [7, 11) is 0. The Balaban J connectivity index is 1.63. The Morgan fingerprint density at radius 3 is 2.37 bits per heavy atom. The van der Waals surface area contributed by atoms with Gasteiger partial charge in [0.2, 0.25) is 0 Å². The van der Waals surface area contributed by atoms with Crippen LogP contribution in [0.5, 0.6) is 0 Å². The molecule has 1 N–H and O–H groups in total. The lowest BCUT2D eigenvalue weighted by atomic mass is 10.1. The Morgan fingerprint density at radius 2 is 1.78 bits per heavy atom. The predicted octanol–water partition coefficient (Wildman–Crippen LogP) is 2.57. The first-order chi connectivity index (χ1) is 12.9. The molecule has 9 heteroatoms. The first-order valence-corrected chi connectivity index (χ1v) is 8.67. The summed E-state index contributed by atoms with van der Waals surface area (Å²) in [6.07, 6.45) is -4.35. The highest BCUT2D eigenvalue weighted by molar-refractivity contribution is 5.92. The summed E-state index contributed by atoms with van der Waals surface area (Å²) in [5, 5.41) is 10.7. The van der Waals surface area contributed by atoms with E-state index in [1.54, 1.807) is 18.2 Å². The molecule has 1 aliphatic rings. The number of hydrogen-bond donors (Lipinski definition) is 1. The summed E-state index contributed by atoms with van der Waals surface area (Å²) in [4.78, 5) is 15.6. The maximum Gasteiger partial charge on any atom is 0.416 e. The van der Waals surface area contributed by atoms with E-state index in [4.69, 9.17) is 0 Å². The van der Waals surface area contributed by atoms with Crippen molar-refractivity contribution in [1.82, 2.24) is 15.5 Å². The normalized spacial score (nSPS) is 15.0. The molecule has 3 rings (SSSR count). The molecule has 1 aromatic carbocycles. The van der Waals surface area contributed by atoms with Crippen molar-refractivity contribution in [1.29, 1.82) is 0 Å². The van der Waals surface area contributed by atoms with Crippen LogP contribution in [0.3, 0.4) is 0 Å². The van der Waals surface area contributed by atoms with Gasteiger partial charge >= 0.3 is 6.18 Å². The Hall–Kier alpha value is -2.84. The van der Waals surface area contributed by atoms with Crippen molar-refractivity contribution in [2.45, 2.75) is 13.1 Å². The second-order valence-corrected chi connectivity index (χ2v) is 6.16. The number of hydrogen-bond acceptors (Lipinski definition) is 5. The molecule has 1 saturated heterocycles. The quantitative estimate of drug-likeness (QED) is 0.885. The molecule has 144 valence electrons. The van der Waals surface area contributed by atoms with Crippen LogP contribution in [0, 0.1) is 0 Å². The van der Waals surface area contributed by atoms with E-state index >= 15 is 0 Å². The van der Waals surface area contributed by atoms with Gasteiger partial charge in [0, 0.05) is 38.4 Å². The molecule has 0 aliphatic carbocycles. The van der Waals surface area contributed by atoms with Crippen molar-refractivity contribution in [3.8, 4) is 0 Å². The first-order valence-electron chi connectivity index (χ1n) is 8.67. The van der Waals surface area contributed by atoms with Crippen LogP contribution in [0.15, 0.2) is 36.4 Å². The topological polar surface area (TPSA) is 61.4 Å². The van der Waals surface area contributed by atoms with Gasteiger partial charge in [-0.2, -0.15) is 13.2 Å². The van der Waals surface area contributed by atoms with Gasteiger partial charge in [-0.25, -0.2) is 0 Å². The monoisotopic (exact) mass is 379 g/mol. The molecular formula is C18H20F3N5O. The minimum atomic E-state index is -4.35. The average Bonchev–Trinajstić information content (AvgIpc) is 2.68. The third-order valence-electron chi connectivity index (χ3n) is 4.36. The number of aromatic nitrogens is 2. The Bertz CT molecular complexity index is 786. The van der Waals surface area contributed by atoms with E-state index in [9.17, 15) is 18.0 Å². The van der Waals surface area contributed by atoms with Crippen molar-refractivity contribution in [3.05, 3.63) is 47.7 Å². The van der Waals surface area contributed by atoms with Gasteiger partial charge in [0.25, 0.3) is 5.91 Å². The number of amides is 1.